The number of benzene rings is 1. The summed E-state index contributed by atoms with van der Waals surface area (Å²) in [5.41, 5.74) is 1.95. The molecule has 0 bridgehead atoms. The molecule has 1 unspecified atom stereocenters. The van der Waals surface area contributed by atoms with Crippen LogP contribution in [0.15, 0.2) is 0 Å². The number of hydrogen-bond acceptors (Lipinski definition) is 4. The Morgan fingerprint density at radius 1 is 1.28 bits per heavy atom. The first-order valence-electron chi connectivity index (χ1n) is 5.73. The van der Waals surface area contributed by atoms with Crippen LogP contribution in [0.25, 0.3) is 0 Å². The quantitative estimate of drug-likeness (QED) is 0.458. The lowest BCUT2D eigenvalue weighted by atomic mass is 9.92. The van der Waals surface area contributed by atoms with Gasteiger partial charge in [0.05, 0.1) is 4.92 Å². The number of fused-ring (bicyclic) bond motifs is 1. The van der Waals surface area contributed by atoms with Crippen LogP contribution in [0.1, 0.15) is 29.2 Å². The number of nitro benzene ring substituents is 1. The maximum absolute atomic E-state index is 11.1. The number of carbonyl (C=O) groups is 1. The molecular formula is C13H15NO4. The van der Waals surface area contributed by atoms with Crippen LogP contribution < -0.4 is 4.74 Å². The SMILES string of the molecule is Cc1c(C)c([N+](=O)[O-])c(C)c2c1OC(C)(C=O)C2. The minimum Gasteiger partial charge on any atom is -0.479 e. The summed E-state index contributed by atoms with van der Waals surface area (Å²) in [7, 11) is 0. The zero-order valence-electron chi connectivity index (χ0n) is 10.9. The van der Waals surface area contributed by atoms with E-state index in [-0.39, 0.29) is 10.6 Å². The van der Waals surface area contributed by atoms with E-state index in [1.54, 1.807) is 27.7 Å². The summed E-state index contributed by atoms with van der Waals surface area (Å²) in [5, 5.41) is 11.1. The fourth-order valence-electron chi connectivity index (χ4n) is 2.48. The first kappa shape index (κ1) is 12.5. The lowest BCUT2D eigenvalue weighted by Gasteiger charge is -2.16. The minimum atomic E-state index is -0.903. The zero-order valence-corrected chi connectivity index (χ0v) is 10.9. The van der Waals surface area contributed by atoms with Crippen molar-refractivity contribution in [2.45, 2.75) is 39.7 Å². The van der Waals surface area contributed by atoms with E-state index >= 15 is 0 Å². The van der Waals surface area contributed by atoms with Crippen molar-refractivity contribution in [3.8, 4) is 5.75 Å². The van der Waals surface area contributed by atoms with Gasteiger partial charge in [0.25, 0.3) is 5.69 Å². The predicted molar refractivity (Wildman–Crippen MR) is 66.1 cm³/mol. The van der Waals surface area contributed by atoms with Crippen LogP contribution in [0, 0.1) is 30.9 Å². The van der Waals surface area contributed by atoms with Gasteiger partial charge in [-0.1, -0.05) is 0 Å². The van der Waals surface area contributed by atoms with Crippen LogP contribution in [0.3, 0.4) is 0 Å². The highest BCUT2D eigenvalue weighted by Gasteiger charge is 2.39. The molecule has 0 spiro atoms. The summed E-state index contributed by atoms with van der Waals surface area (Å²) < 4.78 is 5.68. The number of nitrogens with zero attached hydrogens (tertiary/aromatic N) is 1. The average Bonchev–Trinajstić information content (AvgIpc) is 2.66. The van der Waals surface area contributed by atoms with Crippen molar-refractivity contribution < 1.29 is 14.5 Å². The number of ether oxygens (including phenoxy) is 1. The van der Waals surface area contributed by atoms with Crippen LogP contribution >= 0.6 is 0 Å². The van der Waals surface area contributed by atoms with E-state index in [2.05, 4.69) is 0 Å². The predicted octanol–water partition coefficient (Wildman–Crippen LogP) is 2.41. The fourth-order valence-corrected chi connectivity index (χ4v) is 2.48. The number of nitro groups is 1. The van der Waals surface area contributed by atoms with Gasteiger partial charge in [-0.15, -0.1) is 0 Å². The largest absolute Gasteiger partial charge is 0.479 e. The molecule has 1 atom stereocenters. The summed E-state index contributed by atoms with van der Waals surface area (Å²) in [5.74, 6) is 0.630. The normalized spacial score (nSPS) is 21.3. The second kappa shape index (κ2) is 3.80. The van der Waals surface area contributed by atoms with Crippen molar-refractivity contribution >= 4 is 12.0 Å². The molecule has 1 aliphatic rings. The Hall–Kier alpha value is -1.91. The second-order valence-corrected chi connectivity index (χ2v) is 5.00. The molecule has 1 heterocycles. The number of aldehydes is 1. The van der Waals surface area contributed by atoms with Crippen molar-refractivity contribution in [3.63, 3.8) is 0 Å². The van der Waals surface area contributed by atoms with Crippen LogP contribution in [0.2, 0.25) is 0 Å². The summed E-state index contributed by atoms with van der Waals surface area (Å²) in [4.78, 5) is 21.8. The van der Waals surface area contributed by atoms with Gasteiger partial charge in [-0.3, -0.25) is 14.9 Å². The Morgan fingerprint density at radius 3 is 2.39 bits per heavy atom. The maximum Gasteiger partial charge on any atom is 0.275 e. The standard InChI is InChI=1S/C13H15NO4/c1-7-8(2)12-10(5-13(4,6-15)18-12)9(3)11(7)14(16)17/h6H,5H2,1-4H3. The molecule has 0 radical (unpaired) electrons. The monoisotopic (exact) mass is 249 g/mol. The molecule has 0 saturated heterocycles. The van der Waals surface area contributed by atoms with Gasteiger partial charge < -0.3 is 4.74 Å². The topological polar surface area (TPSA) is 69.4 Å². The van der Waals surface area contributed by atoms with Crippen molar-refractivity contribution in [3.05, 3.63) is 32.4 Å². The second-order valence-electron chi connectivity index (χ2n) is 5.00. The Balaban J connectivity index is 2.72. The number of rotatable bonds is 2. The molecule has 1 aromatic carbocycles. The van der Waals surface area contributed by atoms with Gasteiger partial charge in [-0.05, 0) is 27.7 Å². The van der Waals surface area contributed by atoms with Gasteiger partial charge in [-0.2, -0.15) is 0 Å². The third kappa shape index (κ3) is 1.58. The third-order valence-corrected chi connectivity index (χ3v) is 3.64. The first-order chi connectivity index (χ1) is 8.30. The summed E-state index contributed by atoms with van der Waals surface area (Å²) in [6.45, 7) is 6.90. The van der Waals surface area contributed by atoms with Gasteiger partial charge in [0.2, 0.25) is 0 Å². The lowest BCUT2D eigenvalue weighted by molar-refractivity contribution is -0.386. The number of hydrogen-bond donors (Lipinski definition) is 0. The highest BCUT2D eigenvalue weighted by molar-refractivity contribution is 5.71. The summed E-state index contributed by atoms with van der Waals surface area (Å²) >= 11 is 0. The third-order valence-electron chi connectivity index (χ3n) is 3.64. The van der Waals surface area contributed by atoms with E-state index in [1.807, 2.05) is 0 Å². The van der Waals surface area contributed by atoms with Gasteiger partial charge in [0.1, 0.15) is 5.75 Å². The van der Waals surface area contributed by atoms with Crippen molar-refractivity contribution in [1.82, 2.24) is 0 Å². The Labute approximate surface area is 105 Å². The molecule has 0 amide bonds. The summed E-state index contributed by atoms with van der Waals surface area (Å²) in [6, 6.07) is 0. The molecular weight excluding hydrogens is 234 g/mol. The fraction of sp³-hybridized carbons (Fsp3) is 0.462. The van der Waals surface area contributed by atoms with E-state index in [4.69, 9.17) is 4.74 Å². The molecule has 2 rings (SSSR count). The maximum atomic E-state index is 11.1. The molecule has 0 aromatic heterocycles. The molecule has 1 aliphatic heterocycles. The van der Waals surface area contributed by atoms with E-state index in [0.717, 1.165) is 17.4 Å². The van der Waals surface area contributed by atoms with Gasteiger partial charge in [-0.25, -0.2) is 0 Å². The first-order valence-corrected chi connectivity index (χ1v) is 5.73. The highest BCUT2D eigenvalue weighted by atomic mass is 16.6. The Morgan fingerprint density at radius 2 is 1.89 bits per heavy atom. The van der Waals surface area contributed by atoms with Crippen LogP contribution in [0.5, 0.6) is 5.75 Å². The molecule has 96 valence electrons. The minimum absolute atomic E-state index is 0.130. The molecule has 5 heteroatoms. The molecule has 0 fully saturated rings. The average molecular weight is 249 g/mol. The van der Waals surface area contributed by atoms with E-state index in [1.165, 1.54) is 0 Å². The molecule has 0 saturated carbocycles. The Kier molecular flexibility index (Phi) is 2.65. The van der Waals surface area contributed by atoms with E-state index < -0.39 is 5.60 Å². The van der Waals surface area contributed by atoms with Crippen molar-refractivity contribution in [2.24, 2.45) is 0 Å². The summed E-state index contributed by atoms with van der Waals surface area (Å²) in [6.07, 6.45) is 1.15. The van der Waals surface area contributed by atoms with E-state index in [9.17, 15) is 14.9 Å². The van der Waals surface area contributed by atoms with E-state index in [0.29, 0.717) is 23.3 Å². The van der Waals surface area contributed by atoms with Crippen LogP contribution in [-0.2, 0) is 11.2 Å². The van der Waals surface area contributed by atoms with Gasteiger partial charge in [0, 0.05) is 28.7 Å². The molecule has 18 heavy (non-hydrogen) atoms. The van der Waals surface area contributed by atoms with Crippen molar-refractivity contribution in [2.75, 3.05) is 0 Å². The zero-order chi connectivity index (χ0) is 13.7. The Bertz CT molecular complexity index is 565. The number of carbonyl (C=O) groups excluding carboxylic acids is 1. The van der Waals surface area contributed by atoms with Gasteiger partial charge >= 0.3 is 0 Å². The van der Waals surface area contributed by atoms with Crippen molar-refractivity contribution in [1.29, 1.82) is 0 Å². The van der Waals surface area contributed by atoms with Crippen LogP contribution in [-0.4, -0.2) is 16.8 Å². The molecule has 0 N–H and O–H groups in total. The van der Waals surface area contributed by atoms with Crippen LogP contribution in [0.4, 0.5) is 5.69 Å². The lowest BCUT2D eigenvalue weighted by Crippen LogP contribution is -2.31. The highest BCUT2D eigenvalue weighted by Crippen LogP contribution is 2.44. The molecule has 0 aliphatic carbocycles. The molecule has 5 nitrogen and oxygen atoms in total. The molecule has 1 aromatic rings. The smallest absolute Gasteiger partial charge is 0.275 e. The van der Waals surface area contributed by atoms with Gasteiger partial charge in [0.15, 0.2) is 11.9 Å².